The number of rotatable bonds is 8. The number of aliphatic hydroxyl groups is 8. The minimum atomic E-state index is -2.24. The summed E-state index contributed by atoms with van der Waals surface area (Å²) in [5.41, 5.74) is 0. The van der Waals surface area contributed by atoms with E-state index in [1.807, 2.05) is 0 Å². The lowest BCUT2D eigenvalue weighted by atomic mass is 9.99. The molecule has 0 bridgehead atoms. The van der Waals surface area contributed by atoms with Gasteiger partial charge in [0.2, 0.25) is 0 Å². The zero-order valence-electron chi connectivity index (χ0n) is 10.7. The Kier molecular flexibility index (Phi) is 8.08. The molecule has 0 aromatic rings. The van der Waals surface area contributed by atoms with Gasteiger partial charge in [0.25, 0.3) is 5.91 Å². The molecule has 0 heterocycles. The minimum absolute atomic E-state index is 0.909. The summed E-state index contributed by atoms with van der Waals surface area (Å²) in [7, 11) is 0. The molecule has 9 N–H and O–H groups in total. The van der Waals surface area contributed by atoms with Crippen LogP contribution in [-0.4, -0.2) is 96.2 Å². The topological polar surface area (TPSA) is 191 Å². The van der Waals surface area contributed by atoms with Gasteiger partial charge in [0.15, 0.2) is 12.3 Å². The SMILES string of the molecule is CC(O)C(O)NC(=O)[C@H](O)[C@@H](O)[C@H](O)[C@H](O)C(O)CO. The van der Waals surface area contributed by atoms with E-state index in [2.05, 4.69) is 0 Å². The molecule has 7 atom stereocenters. The molecule has 0 spiro atoms. The van der Waals surface area contributed by atoms with Crippen molar-refractivity contribution in [1.82, 2.24) is 5.32 Å². The predicted octanol–water partition coefficient (Wildman–Crippen LogP) is -5.40. The molecule has 0 aromatic heterocycles. The molecule has 0 saturated heterocycles. The van der Waals surface area contributed by atoms with Crippen molar-refractivity contribution in [2.45, 2.75) is 49.8 Å². The molecule has 0 saturated carbocycles. The normalized spacial score (nSPS) is 22.2. The summed E-state index contributed by atoms with van der Waals surface area (Å²) >= 11 is 0. The molecule has 0 rings (SSSR count). The largest absolute Gasteiger partial charge is 0.394 e. The van der Waals surface area contributed by atoms with Crippen LogP contribution in [0.5, 0.6) is 0 Å². The molecule has 10 heteroatoms. The van der Waals surface area contributed by atoms with Gasteiger partial charge >= 0.3 is 0 Å². The fourth-order valence-electron chi connectivity index (χ4n) is 1.23. The maximum atomic E-state index is 11.4. The Hall–Kier alpha value is -0.850. The Morgan fingerprint density at radius 1 is 0.950 bits per heavy atom. The Balaban J connectivity index is 4.60. The number of hydrogen-bond donors (Lipinski definition) is 9. The number of amides is 1. The predicted molar refractivity (Wildman–Crippen MR) is 63.0 cm³/mol. The van der Waals surface area contributed by atoms with Crippen molar-refractivity contribution in [1.29, 1.82) is 0 Å². The van der Waals surface area contributed by atoms with Crippen molar-refractivity contribution in [3.63, 3.8) is 0 Å². The zero-order chi connectivity index (χ0) is 16.0. The second kappa shape index (κ2) is 8.44. The monoisotopic (exact) mass is 299 g/mol. The summed E-state index contributed by atoms with van der Waals surface area (Å²) in [5, 5.41) is 75.1. The lowest BCUT2D eigenvalue weighted by molar-refractivity contribution is -0.160. The van der Waals surface area contributed by atoms with Crippen LogP contribution in [0.1, 0.15) is 6.92 Å². The van der Waals surface area contributed by atoms with Gasteiger partial charge in [-0.15, -0.1) is 0 Å². The van der Waals surface area contributed by atoms with Gasteiger partial charge in [0.05, 0.1) is 12.7 Å². The number of hydrogen-bond acceptors (Lipinski definition) is 9. The fourth-order valence-corrected chi connectivity index (χ4v) is 1.23. The third kappa shape index (κ3) is 5.26. The van der Waals surface area contributed by atoms with E-state index in [1.54, 1.807) is 5.32 Å². The van der Waals surface area contributed by atoms with E-state index >= 15 is 0 Å². The van der Waals surface area contributed by atoms with Crippen molar-refractivity contribution in [2.75, 3.05) is 6.61 Å². The first-order chi connectivity index (χ1) is 9.13. The Morgan fingerprint density at radius 3 is 1.85 bits per heavy atom. The van der Waals surface area contributed by atoms with Crippen LogP contribution in [0.15, 0.2) is 0 Å². The molecule has 3 unspecified atom stereocenters. The number of nitrogens with one attached hydrogen (secondary N) is 1. The Morgan fingerprint density at radius 2 is 1.45 bits per heavy atom. The van der Waals surface area contributed by atoms with Crippen molar-refractivity contribution < 1.29 is 45.6 Å². The Labute approximate surface area is 114 Å². The summed E-state index contributed by atoms with van der Waals surface area (Å²) in [6.07, 6.45) is -13.4. The van der Waals surface area contributed by atoms with Gasteiger partial charge in [-0.25, -0.2) is 0 Å². The molecule has 120 valence electrons. The standard InChI is InChI=1S/C10H21NO9/c1-3(13)9(19)11-10(20)8(18)7(17)6(16)5(15)4(14)2-12/h3-9,12-19H,2H2,1H3,(H,11,20)/t3?,4?,5-,6-,7+,8-,9?/m1/s1. The van der Waals surface area contributed by atoms with Crippen LogP contribution in [0.2, 0.25) is 0 Å². The molecule has 0 aliphatic rings. The Bertz CT molecular complexity index is 300. The lowest BCUT2D eigenvalue weighted by Gasteiger charge is -2.28. The molecule has 0 fully saturated rings. The number of carbonyl (C=O) groups excluding carboxylic acids is 1. The number of aliphatic hydroxyl groups excluding tert-OH is 8. The quantitative estimate of drug-likeness (QED) is 0.197. The van der Waals surface area contributed by atoms with E-state index in [4.69, 9.17) is 20.4 Å². The van der Waals surface area contributed by atoms with Crippen molar-refractivity contribution in [3.05, 3.63) is 0 Å². The molecule has 10 nitrogen and oxygen atoms in total. The van der Waals surface area contributed by atoms with Crippen LogP contribution in [0.25, 0.3) is 0 Å². The summed E-state index contributed by atoms with van der Waals surface area (Å²) in [6.45, 7) is 0.248. The highest BCUT2D eigenvalue weighted by Gasteiger charge is 2.37. The summed E-state index contributed by atoms with van der Waals surface area (Å²) in [4.78, 5) is 11.4. The van der Waals surface area contributed by atoms with Gasteiger partial charge in [-0.3, -0.25) is 4.79 Å². The van der Waals surface area contributed by atoms with E-state index in [0.717, 1.165) is 6.92 Å². The molecular formula is C10H21NO9. The van der Waals surface area contributed by atoms with Gasteiger partial charge in [0.1, 0.15) is 24.4 Å². The number of carbonyl (C=O) groups is 1. The highest BCUT2D eigenvalue weighted by atomic mass is 16.4. The average Bonchev–Trinajstić information content (AvgIpc) is 2.42. The first kappa shape index (κ1) is 19.1. The van der Waals surface area contributed by atoms with Crippen molar-refractivity contribution >= 4 is 5.91 Å². The van der Waals surface area contributed by atoms with Crippen LogP contribution in [-0.2, 0) is 4.79 Å². The minimum Gasteiger partial charge on any atom is -0.394 e. The zero-order valence-corrected chi connectivity index (χ0v) is 10.7. The third-order valence-electron chi connectivity index (χ3n) is 2.62. The fraction of sp³-hybridized carbons (Fsp3) is 0.900. The summed E-state index contributed by atoms with van der Waals surface area (Å²) in [5.74, 6) is -1.31. The van der Waals surface area contributed by atoms with Gasteiger partial charge < -0.3 is 46.2 Å². The maximum absolute atomic E-state index is 11.4. The van der Waals surface area contributed by atoms with E-state index in [9.17, 15) is 25.2 Å². The van der Waals surface area contributed by atoms with E-state index in [-0.39, 0.29) is 0 Å². The molecule has 0 radical (unpaired) electrons. The van der Waals surface area contributed by atoms with Crippen molar-refractivity contribution in [3.8, 4) is 0 Å². The van der Waals surface area contributed by atoms with Gasteiger partial charge in [0, 0.05) is 0 Å². The van der Waals surface area contributed by atoms with Crippen LogP contribution < -0.4 is 5.32 Å². The summed E-state index contributed by atoms with van der Waals surface area (Å²) < 4.78 is 0. The smallest absolute Gasteiger partial charge is 0.253 e. The second-order valence-corrected chi connectivity index (χ2v) is 4.36. The molecular weight excluding hydrogens is 278 g/mol. The molecule has 1 amide bonds. The van der Waals surface area contributed by atoms with Crippen LogP contribution in [0, 0.1) is 0 Å². The maximum Gasteiger partial charge on any atom is 0.253 e. The highest BCUT2D eigenvalue weighted by Crippen LogP contribution is 2.09. The van der Waals surface area contributed by atoms with E-state index in [1.165, 1.54) is 0 Å². The van der Waals surface area contributed by atoms with Gasteiger partial charge in [-0.1, -0.05) is 0 Å². The third-order valence-corrected chi connectivity index (χ3v) is 2.62. The van der Waals surface area contributed by atoms with Crippen LogP contribution >= 0.6 is 0 Å². The van der Waals surface area contributed by atoms with Crippen molar-refractivity contribution in [2.24, 2.45) is 0 Å². The lowest BCUT2D eigenvalue weighted by Crippen LogP contribution is -2.56. The highest BCUT2D eigenvalue weighted by molar-refractivity contribution is 5.81. The second-order valence-electron chi connectivity index (χ2n) is 4.36. The molecule has 0 aliphatic carbocycles. The van der Waals surface area contributed by atoms with E-state index < -0.39 is 55.4 Å². The summed E-state index contributed by atoms with van der Waals surface area (Å²) in [6, 6.07) is 0. The van der Waals surface area contributed by atoms with Gasteiger partial charge in [-0.2, -0.15) is 0 Å². The molecule has 20 heavy (non-hydrogen) atoms. The average molecular weight is 299 g/mol. The van der Waals surface area contributed by atoms with Crippen LogP contribution in [0.3, 0.4) is 0 Å². The van der Waals surface area contributed by atoms with Gasteiger partial charge in [-0.05, 0) is 6.92 Å². The molecule has 0 aliphatic heterocycles. The first-order valence-corrected chi connectivity index (χ1v) is 5.81. The molecule has 0 aromatic carbocycles. The first-order valence-electron chi connectivity index (χ1n) is 5.81. The van der Waals surface area contributed by atoms with Crippen LogP contribution in [0.4, 0.5) is 0 Å². The van der Waals surface area contributed by atoms with E-state index in [0.29, 0.717) is 0 Å².